The molecule has 23 heteroatoms. The van der Waals surface area contributed by atoms with Crippen LogP contribution in [0.15, 0.2) is 91.0 Å². The number of ketones is 2. The molecule has 270 valence electrons. The van der Waals surface area contributed by atoms with E-state index in [0.717, 1.165) is 54.9 Å². The molecule has 4 rings (SSSR count). The first kappa shape index (κ1) is 39.1. The molecule has 1 aliphatic rings. The minimum atomic E-state index is -4.96. The molecule has 0 unspecified atom stereocenters. The normalized spacial score (nSPS) is 15.0. The quantitative estimate of drug-likeness (QED) is 0.0368. The highest BCUT2D eigenvalue weighted by atomic mass is 32.2. The Morgan fingerprint density at radius 2 is 1.47 bits per heavy atom. The minimum absolute atomic E-state index is 0.0881. The van der Waals surface area contributed by atoms with Crippen molar-refractivity contribution in [2.45, 2.75) is 40.4 Å². The van der Waals surface area contributed by atoms with Gasteiger partial charge in [-0.3, -0.25) is 28.0 Å². The molecule has 0 bridgehead atoms. The summed E-state index contributed by atoms with van der Waals surface area (Å²) in [5.74, 6) is -2.26. The lowest BCUT2D eigenvalue weighted by atomic mass is 10.1. The Morgan fingerprint density at radius 3 is 2.04 bits per heavy atom. The van der Waals surface area contributed by atoms with E-state index in [-0.39, 0.29) is 33.1 Å². The molecule has 1 aromatic heterocycles. The number of benzene rings is 2. The number of hydrogen-bond acceptors (Lipinski definition) is 15. The largest absolute Gasteiger partial charge is 0.296 e. The number of Topliss-reactive ketones (excluding diaryl/α,β-unsaturated/α-hetero) is 2. The lowest BCUT2D eigenvalue weighted by molar-refractivity contribution is -0.432. The predicted octanol–water partition coefficient (Wildman–Crippen LogP) is 3.04. The van der Waals surface area contributed by atoms with Gasteiger partial charge in [-0.15, -0.1) is 4.33 Å². The second kappa shape index (κ2) is 14.9. The van der Waals surface area contributed by atoms with Crippen LogP contribution in [0.5, 0.6) is 0 Å². The first-order valence-corrected chi connectivity index (χ1v) is 18.7. The van der Waals surface area contributed by atoms with Crippen LogP contribution in [0.2, 0.25) is 0 Å². The van der Waals surface area contributed by atoms with Crippen molar-refractivity contribution in [3.8, 4) is 5.69 Å². The van der Waals surface area contributed by atoms with E-state index in [4.69, 9.17) is 5.26 Å². The number of hydrazone groups is 1. The predicted molar refractivity (Wildman–Crippen MR) is 177 cm³/mol. The average Bonchev–Trinajstić information content (AvgIpc) is 3.54. The van der Waals surface area contributed by atoms with E-state index in [1.807, 2.05) is 0 Å². The van der Waals surface area contributed by atoms with Gasteiger partial charge in [0.15, 0.2) is 11.6 Å². The molecule has 3 aromatic rings. The third-order valence-electron chi connectivity index (χ3n) is 6.79. The summed E-state index contributed by atoms with van der Waals surface area (Å²) in [4.78, 5) is 36.1. The molecule has 2 heterocycles. The Kier molecular flexibility index (Phi) is 11.4. The molecule has 2 aromatic carbocycles. The zero-order valence-corrected chi connectivity index (χ0v) is 29.3. The first-order valence-electron chi connectivity index (χ1n) is 13.6. The van der Waals surface area contributed by atoms with E-state index in [1.165, 1.54) is 37.3 Å². The van der Waals surface area contributed by atoms with Gasteiger partial charge in [-0.2, -0.15) is 40.5 Å². The Morgan fingerprint density at radius 1 is 0.843 bits per heavy atom. The zero-order chi connectivity index (χ0) is 38.1. The monoisotopic (exact) mass is 784 g/mol. The lowest BCUT2D eigenvalue weighted by Gasteiger charge is -2.15. The van der Waals surface area contributed by atoms with E-state index in [9.17, 15) is 53.3 Å². The number of rotatable bonds is 13. The van der Waals surface area contributed by atoms with Crippen LogP contribution in [0.4, 0.5) is 5.69 Å². The maximum Gasteiger partial charge on any atom is 0.296 e. The van der Waals surface area contributed by atoms with Crippen LogP contribution in [0.3, 0.4) is 0 Å². The summed E-state index contributed by atoms with van der Waals surface area (Å²) in [6, 6.07) is 5.36. The molecule has 0 fully saturated rings. The van der Waals surface area contributed by atoms with Gasteiger partial charge in [0, 0.05) is 30.0 Å². The highest BCUT2D eigenvalue weighted by Crippen LogP contribution is 2.35. The molecule has 51 heavy (non-hydrogen) atoms. The molecule has 0 saturated carbocycles. The van der Waals surface area contributed by atoms with E-state index < -0.39 is 73.9 Å². The van der Waals surface area contributed by atoms with Crippen molar-refractivity contribution >= 4 is 77.3 Å². The number of hydrogen-bond donors (Lipinski definition) is 4. The van der Waals surface area contributed by atoms with E-state index in [2.05, 4.69) is 19.6 Å². The molecule has 0 aliphatic carbocycles. The summed E-state index contributed by atoms with van der Waals surface area (Å²) in [5, 5.41) is 20.5. The Balaban J connectivity index is 1.73. The SMILES string of the molecule is CC(=O)C1=NN(c2cc(SOOO)ccc2S(=O)(=O)O)C(=O)\C1=C/C=C/C=C/c1c(C(C)=O)nn(-c2cc(S(=O)(=O)O)ccc2S(=O)(=O)O)c1C. The second-order valence-electron chi connectivity index (χ2n) is 10.2. The van der Waals surface area contributed by atoms with Gasteiger partial charge in [0.05, 0.1) is 33.9 Å². The number of carbonyl (C=O) groups excluding carboxylic acids is 3. The Bertz CT molecular complexity index is 2430. The summed E-state index contributed by atoms with van der Waals surface area (Å²) in [7, 11) is -14.7. The number of allylic oxidation sites excluding steroid dienone is 4. The first-order chi connectivity index (χ1) is 23.7. The molecule has 19 nitrogen and oxygen atoms in total. The minimum Gasteiger partial charge on any atom is -0.293 e. The summed E-state index contributed by atoms with van der Waals surface area (Å²) in [6.45, 7) is 3.65. The van der Waals surface area contributed by atoms with E-state index >= 15 is 0 Å². The number of anilines is 1. The Hall–Kier alpha value is -4.69. The van der Waals surface area contributed by atoms with Crippen molar-refractivity contribution in [2.24, 2.45) is 5.10 Å². The van der Waals surface area contributed by atoms with Crippen molar-refractivity contribution < 1.29 is 67.9 Å². The summed E-state index contributed by atoms with van der Waals surface area (Å²) < 4.78 is 106. The van der Waals surface area contributed by atoms with Crippen LogP contribution >= 0.6 is 12.0 Å². The summed E-state index contributed by atoms with van der Waals surface area (Å²) in [5.41, 5.74) is -1.61. The standard InChI is InChI=1S/C28H24N4O15S4/c1-15-20(26(16(2)33)29-31(15)23-14-19(49(37,38)39)10-12-25(23)51(43,44)45)7-5-4-6-8-21-27(17(3)34)30-32(28(21)35)22-13-18(48-47-46-36)9-11-24(22)50(40,41)42/h4-14,36H,1-3H3,(H,37,38,39)(H,40,41,42)(H,43,44,45)/b6-4+,7-5+,21-8-. The topological polar surface area (TPSA) is 286 Å². The molecule has 1 amide bonds. The number of carbonyl (C=O) groups is 3. The van der Waals surface area contributed by atoms with Crippen LogP contribution in [-0.2, 0) is 49.3 Å². The smallest absolute Gasteiger partial charge is 0.293 e. The van der Waals surface area contributed by atoms with Crippen LogP contribution < -0.4 is 5.01 Å². The maximum absolute atomic E-state index is 13.4. The zero-order valence-electron chi connectivity index (χ0n) is 26.1. The maximum atomic E-state index is 13.4. The highest BCUT2D eigenvalue weighted by Gasteiger charge is 2.36. The van der Waals surface area contributed by atoms with Gasteiger partial charge in [0.2, 0.25) is 0 Å². The molecule has 0 atom stereocenters. The van der Waals surface area contributed by atoms with Crippen molar-refractivity contribution in [1.82, 2.24) is 9.78 Å². The Labute approximate surface area is 293 Å². The number of nitrogens with zero attached hydrogens (tertiary/aromatic N) is 4. The van der Waals surface area contributed by atoms with Gasteiger partial charge in [-0.1, -0.05) is 29.3 Å². The van der Waals surface area contributed by atoms with Crippen molar-refractivity contribution in [2.75, 3.05) is 5.01 Å². The third kappa shape index (κ3) is 8.62. The van der Waals surface area contributed by atoms with E-state index in [0.29, 0.717) is 17.1 Å². The van der Waals surface area contributed by atoms with Gasteiger partial charge in [0.1, 0.15) is 21.2 Å². The highest BCUT2D eigenvalue weighted by molar-refractivity contribution is 7.94. The van der Waals surface area contributed by atoms with Gasteiger partial charge in [-0.05, 0) is 49.4 Å². The van der Waals surface area contributed by atoms with Crippen LogP contribution in [0.25, 0.3) is 11.8 Å². The molecular formula is C28H24N4O15S4. The van der Waals surface area contributed by atoms with Gasteiger partial charge in [-0.25, -0.2) is 9.94 Å². The molecule has 0 spiro atoms. The van der Waals surface area contributed by atoms with Gasteiger partial charge >= 0.3 is 0 Å². The van der Waals surface area contributed by atoms with Crippen LogP contribution in [-0.4, -0.2) is 77.1 Å². The molecule has 0 radical (unpaired) electrons. The average molecular weight is 785 g/mol. The van der Waals surface area contributed by atoms with E-state index in [1.54, 1.807) is 0 Å². The fourth-order valence-electron chi connectivity index (χ4n) is 4.59. The molecule has 4 N–H and O–H groups in total. The van der Waals surface area contributed by atoms with Crippen LogP contribution in [0.1, 0.15) is 35.6 Å². The molecule has 1 aliphatic heterocycles. The molecular weight excluding hydrogens is 761 g/mol. The third-order valence-corrected chi connectivity index (χ3v) is 10.0. The van der Waals surface area contributed by atoms with Crippen molar-refractivity contribution in [1.29, 1.82) is 0 Å². The fourth-order valence-corrected chi connectivity index (χ4v) is 6.79. The summed E-state index contributed by atoms with van der Waals surface area (Å²) in [6.07, 6.45) is 6.51. The van der Waals surface area contributed by atoms with Crippen LogP contribution in [0, 0.1) is 6.92 Å². The second-order valence-corrected chi connectivity index (χ2v) is 15.1. The van der Waals surface area contributed by atoms with Gasteiger partial charge in [0.25, 0.3) is 36.3 Å². The number of aromatic nitrogens is 2. The van der Waals surface area contributed by atoms with Crippen molar-refractivity contribution in [3.63, 3.8) is 0 Å². The fraction of sp³-hybridized carbons (Fsp3) is 0.107. The molecule has 0 saturated heterocycles. The summed E-state index contributed by atoms with van der Waals surface area (Å²) >= 11 is 0.412. The lowest BCUT2D eigenvalue weighted by Crippen LogP contribution is -2.23. The van der Waals surface area contributed by atoms with Gasteiger partial charge < -0.3 is 0 Å². The number of amides is 1. The van der Waals surface area contributed by atoms with Crippen molar-refractivity contribution in [3.05, 3.63) is 83.2 Å².